The Bertz CT molecular complexity index is 999. The van der Waals surface area contributed by atoms with Gasteiger partial charge in [-0.2, -0.15) is 4.98 Å². The van der Waals surface area contributed by atoms with Crippen LogP contribution in [0.1, 0.15) is 10.5 Å². The van der Waals surface area contributed by atoms with Gasteiger partial charge in [0, 0.05) is 24.8 Å². The lowest BCUT2D eigenvalue weighted by Crippen LogP contribution is -2.22. The van der Waals surface area contributed by atoms with Gasteiger partial charge in [0.25, 0.3) is 0 Å². The molecule has 7 heteroatoms. The van der Waals surface area contributed by atoms with Crippen LogP contribution < -0.4 is 4.74 Å². The van der Waals surface area contributed by atoms with Crippen LogP contribution in [0.4, 0.5) is 0 Å². The van der Waals surface area contributed by atoms with Crippen molar-refractivity contribution in [1.29, 1.82) is 0 Å². The Morgan fingerprint density at radius 1 is 0.900 bits per heavy atom. The van der Waals surface area contributed by atoms with E-state index in [-0.39, 0.29) is 18.3 Å². The average molecular weight is 409 g/mol. The van der Waals surface area contributed by atoms with Crippen molar-refractivity contribution in [1.82, 2.24) is 19.8 Å². The molecule has 0 fully saturated rings. The van der Waals surface area contributed by atoms with Gasteiger partial charge >= 0.3 is 12.0 Å². The molecule has 0 atom stereocenters. The van der Waals surface area contributed by atoms with Crippen LogP contribution in [0.2, 0.25) is 0 Å². The zero-order chi connectivity index (χ0) is 21.5. The molecule has 3 rings (SSSR count). The Labute approximate surface area is 177 Å². The topological polar surface area (TPSA) is 67.8 Å². The molecule has 158 valence electrons. The maximum Gasteiger partial charge on any atom is 0.357 e. The van der Waals surface area contributed by atoms with Crippen LogP contribution in [0.25, 0.3) is 21.9 Å². The normalized spacial score (nSPS) is 11.3. The summed E-state index contributed by atoms with van der Waals surface area (Å²) in [7, 11) is 7.77. The summed E-state index contributed by atoms with van der Waals surface area (Å²) < 4.78 is 11.1. The third-order valence-corrected chi connectivity index (χ3v) is 4.58. The SMILES string of the molecule is CN(C)CCOC(=O)c1nc(OCCN(C)C)ncc1-c1cccc2ccccc12. The summed E-state index contributed by atoms with van der Waals surface area (Å²) in [5, 5.41) is 2.10. The highest BCUT2D eigenvalue weighted by atomic mass is 16.5. The van der Waals surface area contributed by atoms with Gasteiger partial charge in [0.05, 0.1) is 0 Å². The molecule has 3 aromatic rings. The Morgan fingerprint density at radius 2 is 1.60 bits per heavy atom. The van der Waals surface area contributed by atoms with E-state index >= 15 is 0 Å². The van der Waals surface area contributed by atoms with Crippen LogP contribution in [0.5, 0.6) is 6.01 Å². The minimum absolute atomic E-state index is 0.167. The molecule has 0 bridgehead atoms. The van der Waals surface area contributed by atoms with Crippen LogP contribution >= 0.6 is 0 Å². The molecule has 0 aliphatic carbocycles. The predicted octanol–water partition coefficient (Wildman–Crippen LogP) is 2.96. The summed E-state index contributed by atoms with van der Waals surface area (Å²) in [6.45, 7) is 2.06. The highest BCUT2D eigenvalue weighted by Crippen LogP contribution is 2.31. The van der Waals surface area contributed by atoms with Gasteiger partial charge in [-0.05, 0) is 44.5 Å². The molecule has 1 heterocycles. The third-order valence-electron chi connectivity index (χ3n) is 4.58. The van der Waals surface area contributed by atoms with Crippen LogP contribution in [-0.2, 0) is 4.74 Å². The maximum absolute atomic E-state index is 12.9. The van der Waals surface area contributed by atoms with Crippen molar-refractivity contribution < 1.29 is 14.3 Å². The fraction of sp³-hybridized carbons (Fsp3) is 0.348. The maximum atomic E-state index is 12.9. The van der Waals surface area contributed by atoms with Crippen molar-refractivity contribution in [3.63, 3.8) is 0 Å². The fourth-order valence-corrected chi connectivity index (χ4v) is 2.96. The second-order valence-corrected chi connectivity index (χ2v) is 7.53. The van der Waals surface area contributed by atoms with E-state index < -0.39 is 5.97 Å². The summed E-state index contributed by atoms with van der Waals surface area (Å²) in [6, 6.07) is 14.1. The van der Waals surface area contributed by atoms with Gasteiger partial charge in [-0.1, -0.05) is 42.5 Å². The van der Waals surface area contributed by atoms with E-state index in [9.17, 15) is 4.79 Å². The molecule has 0 radical (unpaired) electrons. The number of benzene rings is 2. The van der Waals surface area contributed by atoms with E-state index in [0.717, 1.165) is 22.9 Å². The molecule has 30 heavy (non-hydrogen) atoms. The molecule has 2 aromatic carbocycles. The number of hydrogen-bond acceptors (Lipinski definition) is 7. The summed E-state index contributed by atoms with van der Waals surface area (Å²) in [4.78, 5) is 25.6. The number of carbonyl (C=O) groups is 1. The first-order valence-corrected chi connectivity index (χ1v) is 9.90. The number of aromatic nitrogens is 2. The second-order valence-electron chi connectivity index (χ2n) is 7.53. The molecule has 0 saturated heterocycles. The number of carbonyl (C=O) groups excluding carboxylic acids is 1. The Balaban J connectivity index is 1.97. The number of rotatable bonds is 9. The van der Waals surface area contributed by atoms with Gasteiger partial charge in [0.2, 0.25) is 0 Å². The molecule has 0 spiro atoms. The van der Waals surface area contributed by atoms with Gasteiger partial charge < -0.3 is 19.3 Å². The number of likely N-dealkylation sites (N-methyl/N-ethyl adjacent to an activating group) is 2. The fourth-order valence-electron chi connectivity index (χ4n) is 2.96. The Kier molecular flexibility index (Phi) is 7.32. The van der Waals surface area contributed by atoms with Crippen molar-refractivity contribution in [3.05, 3.63) is 54.4 Å². The van der Waals surface area contributed by atoms with E-state index in [1.54, 1.807) is 6.20 Å². The van der Waals surface area contributed by atoms with E-state index in [4.69, 9.17) is 9.47 Å². The first-order valence-electron chi connectivity index (χ1n) is 9.90. The third kappa shape index (κ3) is 5.52. The van der Waals surface area contributed by atoms with Gasteiger partial charge in [-0.25, -0.2) is 9.78 Å². The Hall–Kier alpha value is -3.03. The minimum atomic E-state index is -0.486. The highest BCUT2D eigenvalue weighted by Gasteiger charge is 2.20. The molecule has 7 nitrogen and oxygen atoms in total. The highest BCUT2D eigenvalue weighted by molar-refractivity contribution is 6.02. The predicted molar refractivity (Wildman–Crippen MR) is 118 cm³/mol. The molecular weight excluding hydrogens is 380 g/mol. The molecule has 0 aliphatic rings. The molecular formula is C23H28N4O3. The smallest absolute Gasteiger partial charge is 0.357 e. The van der Waals surface area contributed by atoms with Gasteiger partial charge in [-0.15, -0.1) is 0 Å². The molecule has 0 unspecified atom stereocenters. The number of fused-ring (bicyclic) bond motifs is 1. The number of nitrogens with zero attached hydrogens (tertiary/aromatic N) is 4. The second kappa shape index (κ2) is 10.1. The van der Waals surface area contributed by atoms with Crippen LogP contribution in [0.15, 0.2) is 48.7 Å². The first kappa shape index (κ1) is 21.7. The van der Waals surface area contributed by atoms with E-state index in [2.05, 4.69) is 9.97 Å². The van der Waals surface area contributed by atoms with Gasteiger partial charge in [0.15, 0.2) is 5.69 Å². The van der Waals surface area contributed by atoms with Crippen molar-refractivity contribution >= 4 is 16.7 Å². The molecule has 0 N–H and O–H groups in total. The monoisotopic (exact) mass is 408 g/mol. The van der Waals surface area contributed by atoms with Gasteiger partial charge in [0.1, 0.15) is 13.2 Å². The van der Waals surface area contributed by atoms with Crippen LogP contribution in [-0.4, -0.2) is 80.2 Å². The van der Waals surface area contributed by atoms with Gasteiger partial charge in [-0.3, -0.25) is 0 Å². The van der Waals surface area contributed by atoms with Crippen molar-refractivity contribution in [2.24, 2.45) is 0 Å². The van der Waals surface area contributed by atoms with Crippen LogP contribution in [0, 0.1) is 0 Å². The first-order chi connectivity index (χ1) is 14.5. The summed E-state index contributed by atoms with van der Waals surface area (Å²) in [5.41, 5.74) is 1.72. The zero-order valence-corrected chi connectivity index (χ0v) is 18.0. The van der Waals surface area contributed by atoms with E-state index in [0.29, 0.717) is 18.7 Å². The molecule has 0 saturated carbocycles. The molecule has 0 aliphatic heterocycles. The quantitative estimate of drug-likeness (QED) is 0.504. The van der Waals surface area contributed by atoms with E-state index in [1.807, 2.05) is 80.5 Å². The Morgan fingerprint density at radius 3 is 2.37 bits per heavy atom. The number of esters is 1. The van der Waals surface area contributed by atoms with E-state index in [1.165, 1.54) is 0 Å². The van der Waals surface area contributed by atoms with Crippen molar-refractivity contribution in [2.45, 2.75) is 0 Å². The average Bonchev–Trinajstić information content (AvgIpc) is 2.73. The zero-order valence-electron chi connectivity index (χ0n) is 18.0. The number of ether oxygens (including phenoxy) is 2. The standard InChI is InChI=1S/C23H28N4O3/c1-26(2)12-14-29-22(28)21-20(16-24-23(25-21)30-15-13-27(3)4)19-11-7-9-17-8-5-6-10-18(17)19/h5-11,16H,12-15H2,1-4H3. The lowest BCUT2D eigenvalue weighted by molar-refractivity contribution is 0.0474. The minimum Gasteiger partial charge on any atom is -0.462 e. The summed E-state index contributed by atoms with van der Waals surface area (Å²) in [6.07, 6.45) is 1.64. The van der Waals surface area contributed by atoms with Crippen molar-refractivity contribution in [2.75, 3.05) is 54.5 Å². The summed E-state index contributed by atoms with van der Waals surface area (Å²) in [5.74, 6) is -0.486. The molecule has 1 aromatic heterocycles. The van der Waals surface area contributed by atoms with Crippen LogP contribution in [0.3, 0.4) is 0 Å². The lowest BCUT2D eigenvalue weighted by Gasteiger charge is -2.14. The molecule has 0 amide bonds. The largest absolute Gasteiger partial charge is 0.462 e. The van der Waals surface area contributed by atoms with Crippen molar-refractivity contribution in [3.8, 4) is 17.1 Å². The number of hydrogen-bond donors (Lipinski definition) is 0. The summed E-state index contributed by atoms with van der Waals surface area (Å²) >= 11 is 0. The lowest BCUT2D eigenvalue weighted by atomic mass is 9.98.